The van der Waals surface area contributed by atoms with Gasteiger partial charge in [0.05, 0.1) is 0 Å². The predicted molar refractivity (Wildman–Crippen MR) is 54.7 cm³/mol. The van der Waals surface area contributed by atoms with E-state index >= 15 is 0 Å². The molecule has 5 heteroatoms. The molecule has 74 valence electrons. The standard InChI is InChI=1S/C8H16N4S/c1-4-7(9)5(2)13-8-10-6(3)11-12-8/h5,7H,4,9H2,1-3H3,(H,10,11,12). The van der Waals surface area contributed by atoms with Crippen LogP contribution >= 0.6 is 11.8 Å². The van der Waals surface area contributed by atoms with Crippen molar-refractivity contribution in [3.8, 4) is 0 Å². The minimum atomic E-state index is 0.212. The van der Waals surface area contributed by atoms with Crippen molar-refractivity contribution in [2.24, 2.45) is 5.73 Å². The van der Waals surface area contributed by atoms with Gasteiger partial charge in [0, 0.05) is 11.3 Å². The minimum absolute atomic E-state index is 0.212. The van der Waals surface area contributed by atoms with Crippen molar-refractivity contribution in [3.05, 3.63) is 5.82 Å². The van der Waals surface area contributed by atoms with E-state index in [4.69, 9.17) is 5.73 Å². The van der Waals surface area contributed by atoms with Crippen LogP contribution in [0.3, 0.4) is 0 Å². The number of nitrogens with one attached hydrogen (secondary N) is 1. The zero-order valence-corrected chi connectivity index (χ0v) is 9.06. The Hall–Kier alpha value is -0.550. The number of aryl methyl sites for hydroxylation is 1. The summed E-state index contributed by atoms with van der Waals surface area (Å²) in [7, 11) is 0. The van der Waals surface area contributed by atoms with Gasteiger partial charge in [-0.15, -0.1) is 5.10 Å². The summed E-state index contributed by atoms with van der Waals surface area (Å²) >= 11 is 1.62. The Balaban J connectivity index is 2.49. The van der Waals surface area contributed by atoms with Crippen molar-refractivity contribution in [1.29, 1.82) is 0 Å². The van der Waals surface area contributed by atoms with E-state index in [2.05, 4.69) is 29.0 Å². The minimum Gasteiger partial charge on any atom is -0.327 e. The maximum atomic E-state index is 5.88. The Kier molecular flexibility index (Phi) is 3.74. The van der Waals surface area contributed by atoms with Crippen molar-refractivity contribution in [1.82, 2.24) is 15.2 Å². The molecule has 0 radical (unpaired) electrons. The van der Waals surface area contributed by atoms with E-state index in [1.807, 2.05) is 6.92 Å². The van der Waals surface area contributed by atoms with E-state index in [0.29, 0.717) is 5.25 Å². The zero-order valence-electron chi connectivity index (χ0n) is 8.24. The Morgan fingerprint density at radius 2 is 2.31 bits per heavy atom. The van der Waals surface area contributed by atoms with Gasteiger partial charge in [0.15, 0.2) is 0 Å². The molecule has 2 atom stereocenters. The lowest BCUT2D eigenvalue weighted by Gasteiger charge is -2.15. The molecule has 13 heavy (non-hydrogen) atoms. The van der Waals surface area contributed by atoms with Crippen molar-refractivity contribution in [2.75, 3.05) is 0 Å². The van der Waals surface area contributed by atoms with Gasteiger partial charge in [-0.2, -0.15) is 0 Å². The van der Waals surface area contributed by atoms with Gasteiger partial charge in [-0.3, -0.25) is 5.10 Å². The average Bonchev–Trinajstić information content (AvgIpc) is 2.49. The predicted octanol–water partition coefficient (Wildman–Crippen LogP) is 1.33. The summed E-state index contributed by atoms with van der Waals surface area (Å²) < 4.78 is 0. The van der Waals surface area contributed by atoms with Gasteiger partial charge in [0.1, 0.15) is 5.82 Å². The number of rotatable bonds is 4. The first-order valence-electron chi connectivity index (χ1n) is 4.44. The average molecular weight is 200 g/mol. The van der Waals surface area contributed by atoms with Gasteiger partial charge >= 0.3 is 0 Å². The molecule has 0 spiro atoms. The lowest BCUT2D eigenvalue weighted by Crippen LogP contribution is -2.29. The van der Waals surface area contributed by atoms with Gasteiger partial charge in [-0.05, 0) is 13.3 Å². The number of H-pyrrole nitrogens is 1. The molecule has 0 saturated heterocycles. The number of aromatic amines is 1. The molecule has 0 aliphatic heterocycles. The summed E-state index contributed by atoms with van der Waals surface area (Å²) in [4.78, 5) is 4.21. The maximum Gasteiger partial charge on any atom is 0.208 e. The number of nitrogens with zero attached hydrogens (tertiary/aromatic N) is 2. The molecule has 2 unspecified atom stereocenters. The normalized spacial score (nSPS) is 15.7. The highest BCUT2D eigenvalue weighted by Crippen LogP contribution is 2.21. The van der Waals surface area contributed by atoms with E-state index in [-0.39, 0.29) is 6.04 Å². The first-order valence-corrected chi connectivity index (χ1v) is 5.32. The van der Waals surface area contributed by atoms with Crippen LogP contribution in [0.15, 0.2) is 5.16 Å². The van der Waals surface area contributed by atoms with E-state index in [0.717, 1.165) is 17.4 Å². The van der Waals surface area contributed by atoms with E-state index in [1.165, 1.54) is 0 Å². The van der Waals surface area contributed by atoms with E-state index in [1.54, 1.807) is 11.8 Å². The van der Waals surface area contributed by atoms with Crippen LogP contribution < -0.4 is 5.73 Å². The summed E-state index contributed by atoms with van der Waals surface area (Å²) in [5.74, 6) is 0.847. The lowest BCUT2D eigenvalue weighted by atomic mass is 10.2. The fourth-order valence-electron chi connectivity index (χ4n) is 0.960. The molecule has 0 aliphatic carbocycles. The Labute approximate surface area is 82.7 Å². The second-order valence-electron chi connectivity index (χ2n) is 3.10. The van der Waals surface area contributed by atoms with Crippen molar-refractivity contribution >= 4 is 11.8 Å². The van der Waals surface area contributed by atoms with Crippen LogP contribution in [0.25, 0.3) is 0 Å². The Morgan fingerprint density at radius 3 is 2.77 bits per heavy atom. The molecule has 0 aromatic carbocycles. The number of hydrogen-bond acceptors (Lipinski definition) is 4. The number of thioether (sulfide) groups is 1. The van der Waals surface area contributed by atoms with E-state index < -0.39 is 0 Å². The van der Waals surface area contributed by atoms with Gasteiger partial charge in [-0.1, -0.05) is 25.6 Å². The summed E-state index contributed by atoms with van der Waals surface area (Å²) in [6.45, 7) is 6.08. The van der Waals surface area contributed by atoms with Crippen LogP contribution in [0.2, 0.25) is 0 Å². The van der Waals surface area contributed by atoms with Gasteiger partial charge in [0.25, 0.3) is 0 Å². The SMILES string of the molecule is CCC(N)C(C)Sc1n[nH]c(C)n1. The van der Waals surface area contributed by atoms with Crippen molar-refractivity contribution in [2.45, 2.75) is 43.6 Å². The summed E-state index contributed by atoms with van der Waals surface area (Å²) in [5.41, 5.74) is 5.88. The Morgan fingerprint density at radius 1 is 1.62 bits per heavy atom. The third-order valence-corrected chi connectivity index (χ3v) is 3.06. The lowest BCUT2D eigenvalue weighted by molar-refractivity contribution is 0.641. The van der Waals surface area contributed by atoms with Crippen molar-refractivity contribution in [3.63, 3.8) is 0 Å². The van der Waals surface area contributed by atoms with Crippen LogP contribution in [-0.4, -0.2) is 26.5 Å². The Bertz CT molecular complexity index is 260. The van der Waals surface area contributed by atoms with Crippen molar-refractivity contribution < 1.29 is 0 Å². The van der Waals surface area contributed by atoms with Gasteiger partial charge in [-0.25, -0.2) is 4.98 Å². The topological polar surface area (TPSA) is 67.6 Å². The van der Waals surface area contributed by atoms with Crippen LogP contribution in [0.4, 0.5) is 0 Å². The zero-order chi connectivity index (χ0) is 9.84. The third-order valence-electron chi connectivity index (χ3n) is 1.94. The van der Waals surface area contributed by atoms with Gasteiger partial charge < -0.3 is 5.73 Å². The van der Waals surface area contributed by atoms with Crippen LogP contribution in [0, 0.1) is 6.92 Å². The molecule has 3 N–H and O–H groups in total. The molecule has 1 aromatic rings. The highest BCUT2D eigenvalue weighted by atomic mass is 32.2. The van der Waals surface area contributed by atoms with Gasteiger partial charge in [0.2, 0.25) is 5.16 Å². The quantitative estimate of drug-likeness (QED) is 0.720. The first-order chi connectivity index (χ1) is 6.13. The highest BCUT2D eigenvalue weighted by Gasteiger charge is 2.14. The molecule has 0 saturated carbocycles. The smallest absolute Gasteiger partial charge is 0.208 e. The number of nitrogens with two attached hydrogens (primary N) is 1. The second kappa shape index (κ2) is 4.62. The molecule has 0 bridgehead atoms. The second-order valence-corrected chi connectivity index (χ2v) is 4.44. The fourth-order valence-corrected chi connectivity index (χ4v) is 1.95. The van der Waals surface area contributed by atoms with E-state index in [9.17, 15) is 0 Å². The van der Waals surface area contributed by atoms with Crippen LogP contribution in [-0.2, 0) is 0 Å². The molecule has 0 aliphatic rings. The number of hydrogen-bond donors (Lipinski definition) is 2. The molecule has 1 heterocycles. The van der Waals surface area contributed by atoms with Crippen LogP contribution in [0.5, 0.6) is 0 Å². The molecule has 1 aromatic heterocycles. The first kappa shape index (κ1) is 10.5. The molecular formula is C8H16N4S. The molecular weight excluding hydrogens is 184 g/mol. The largest absolute Gasteiger partial charge is 0.327 e. The summed E-state index contributed by atoms with van der Waals surface area (Å²) in [5, 5.41) is 8.00. The highest BCUT2D eigenvalue weighted by molar-refractivity contribution is 7.99. The molecule has 0 fully saturated rings. The number of aromatic nitrogens is 3. The fraction of sp³-hybridized carbons (Fsp3) is 0.750. The molecule has 1 rings (SSSR count). The molecule has 4 nitrogen and oxygen atoms in total. The monoisotopic (exact) mass is 200 g/mol. The van der Waals surface area contributed by atoms with Crippen LogP contribution in [0.1, 0.15) is 26.1 Å². The maximum absolute atomic E-state index is 5.88. The summed E-state index contributed by atoms with van der Waals surface area (Å²) in [6, 6.07) is 0.212. The summed E-state index contributed by atoms with van der Waals surface area (Å²) in [6.07, 6.45) is 0.984. The third kappa shape index (κ3) is 3.00. The molecule has 0 amide bonds.